The van der Waals surface area contributed by atoms with Crippen LogP contribution in [0.2, 0.25) is 0 Å². The third kappa shape index (κ3) is 4.18. The number of allylic oxidation sites excluding steroid dienone is 1. The van der Waals surface area contributed by atoms with E-state index in [0.29, 0.717) is 19.4 Å². The van der Waals surface area contributed by atoms with Gasteiger partial charge in [0.2, 0.25) is 5.78 Å². The van der Waals surface area contributed by atoms with E-state index < -0.39 is 93.1 Å². The average Bonchev–Trinajstić information content (AvgIpc) is 3.27. The number of fused-ring (bicyclic) bond motifs is 3. The fourth-order valence-corrected chi connectivity index (χ4v) is 7.11. The second-order valence-electron chi connectivity index (χ2n) is 11.3. The van der Waals surface area contributed by atoms with Gasteiger partial charge >= 0.3 is 6.36 Å². The molecule has 1 aromatic carbocycles. The second kappa shape index (κ2) is 9.46. The molecule has 6 N–H and O–H groups in total. The number of amides is 1. The molecule has 11 nitrogen and oxygen atoms in total. The van der Waals surface area contributed by atoms with Crippen LogP contribution in [0.25, 0.3) is 0 Å². The van der Waals surface area contributed by atoms with Gasteiger partial charge in [-0.2, -0.15) is 0 Å². The summed E-state index contributed by atoms with van der Waals surface area (Å²) in [6.45, 7) is 0.598. The lowest BCUT2D eigenvalue weighted by molar-refractivity contribution is -0.275. The number of primary amides is 1. The Hall–Kier alpha value is -3.62. The monoisotopic (exact) mass is 581 g/mol. The molecule has 1 unspecified atom stereocenters. The molecule has 0 radical (unpaired) electrons. The molecule has 1 heterocycles. The minimum atomic E-state index is -5.13. The van der Waals surface area contributed by atoms with Gasteiger partial charge < -0.3 is 30.9 Å². The Morgan fingerprint density at radius 3 is 2.41 bits per heavy atom. The zero-order valence-electron chi connectivity index (χ0n) is 22.4. The maximum Gasteiger partial charge on any atom is 0.573 e. The number of carbonyl (C=O) groups excluding carboxylic acids is 3. The van der Waals surface area contributed by atoms with Crippen LogP contribution in [0.1, 0.15) is 46.8 Å². The number of rotatable bonds is 4. The summed E-state index contributed by atoms with van der Waals surface area (Å²) < 4.78 is 45.5. The zero-order valence-corrected chi connectivity index (χ0v) is 22.4. The quantitative estimate of drug-likeness (QED) is 0.330. The van der Waals surface area contributed by atoms with Crippen molar-refractivity contribution in [3.8, 4) is 11.5 Å². The van der Waals surface area contributed by atoms with E-state index in [9.17, 15) is 48.0 Å². The molecular weight excluding hydrogens is 551 g/mol. The molecule has 3 aliphatic carbocycles. The van der Waals surface area contributed by atoms with Gasteiger partial charge in [0, 0.05) is 28.7 Å². The number of likely N-dealkylation sites (N-methyl/N-ethyl adjacent to an activating group) is 1. The molecule has 0 spiro atoms. The fraction of sp³-hybridized carbons (Fsp3) is 0.519. The number of phenolic OH excluding ortho intramolecular Hbond substituents is 1. The Balaban J connectivity index is 1.73. The van der Waals surface area contributed by atoms with Crippen LogP contribution in [0.15, 0.2) is 28.7 Å². The van der Waals surface area contributed by atoms with Gasteiger partial charge in [0.25, 0.3) is 5.91 Å². The summed E-state index contributed by atoms with van der Waals surface area (Å²) in [6.07, 6.45) is -4.53. The largest absolute Gasteiger partial charge is 0.573 e. The van der Waals surface area contributed by atoms with Crippen molar-refractivity contribution in [2.45, 2.75) is 49.7 Å². The predicted octanol–water partition coefficient (Wildman–Crippen LogP) is 1.79. The third-order valence-corrected chi connectivity index (χ3v) is 8.80. The Bertz CT molecular complexity index is 1440. The number of benzene rings is 1. The van der Waals surface area contributed by atoms with E-state index in [2.05, 4.69) is 4.74 Å². The molecule has 222 valence electrons. The number of nitrogens with two attached hydrogens (primary N) is 1. The van der Waals surface area contributed by atoms with Crippen LogP contribution in [0.4, 0.5) is 13.2 Å². The maximum absolute atomic E-state index is 13.8. The predicted molar refractivity (Wildman–Crippen MR) is 135 cm³/mol. The number of aliphatic hydroxyl groups excluding tert-OH is 2. The van der Waals surface area contributed by atoms with E-state index in [1.165, 1.54) is 19.0 Å². The minimum absolute atomic E-state index is 0.0565. The summed E-state index contributed by atoms with van der Waals surface area (Å²) in [5.41, 5.74) is 0.336. The Morgan fingerprint density at radius 1 is 1.22 bits per heavy atom. The number of alkyl halides is 3. The van der Waals surface area contributed by atoms with Gasteiger partial charge in [-0.15, -0.1) is 13.2 Å². The first kappa shape index (κ1) is 28.9. The van der Waals surface area contributed by atoms with E-state index in [1.807, 2.05) is 4.90 Å². The van der Waals surface area contributed by atoms with Crippen LogP contribution in [-0.4, -0.2) is 93.4 Å². The number of carbonyl (C=O) groups is 3. The molecule has 41 heavy (non-hydrogen) atoms. The van der Waals surface area contributed by atoms with Crippen molar-refractivity contribution in [3.05, 3.63) is 45.4 Å². The number of ether oxygens (including phenoxy) is 1. The third-order valence-electron chi connectivity index (χ3n) is 8.80. The van der Waals surface area contributed by atoms with Gasteiger partial charge in [-0.3, -0.25) is 24.2 Å². The molecule has 1 saturated heterocycles. The zero-order chi connectivity index (χ0) is 30.3. The number of likely N-dealkylation sites (tertiary alicyclic amines) is 1. The Kier molecular flexibility index (Phi) is 6.67. The van der Waals surface area contributed by atoms with Crippen molar-refractivity contribution >= 4 is 17.5 Å². The summed E-state index contributed by atoms with van der Waals surface area (Å²) in [4.78, 5) is 42.4. The number of aromatic hydroxyl groups is 1. The average molecular weight is 582 g/mol. The minimum Gasteiger partial charge on any atom is -0.510 e. The fourth-order valence-electron chi connectivity index (χ4n) is 7.11. The topological polar surface area (TPSA) is 174 Å². The van der Waals surface area contributed by atoms with E-state index >= 15 is 0 Å². The van der Waals surface area contributed by atoms with Crippen LogP contribution in [0.3, 0.4) is 0 Å². The van der Waals surface area contributed by atoms with Crippen LogP contribution in [0.5, 0.6) is 11.5 Å². The molecule has 4 aliphatic rings. The molecule has 0 saturated carbocycles. The number of halogens is 3. The highest BCUT2D eigenvalue weighted by molar-refractivity contribution is 6.24. The lowest BCUT2D eigenvalue weighted by atomic mass is 9.58. The number of hydrogen-bond donors (Lipinski definition) is 5. The number of nitrogens with zero attached hydrogens (tertiary/aromatic N) is 2. The van der Waals surface area contributed by atoms with Crippen molar-refractivity contribution in [3.63, 3.8) is 0 Å². The van der Waals surface area contributed by atoms with Crippen LogP contribution >= 0.6 is 0 Å². The first-order valence-corrected chi connectivity index (χ1v) is 13.0. The molecule has 1 fully saturated rings. The highest BCUT2D eigenvalue weighted by atomic mass is 19.4. The number of phenols is 1. The molecule has 5 atom stereocenters. The molecule has 0 bridgehead atoms. The summed E-state index contributed by atoms with van der Waals surface area (Å²) in [5.74, 6) is -9.30. The number of hydrogen-bond acceptors (Lipinski definition) is 10. The summed E-state index contributed by atoms with van der Waals surface area (Å²) in [5, 5.41) is 44.8. The SMILES string of the molecule is CN1CCCC1c1cc(O)c2c(c1OC(F)(F)F)C[C@H]1C[C@H]3[C@H](N(C)C)C(O)=C(C(N)=O)C(=O)[C@@]3(O)C(O)=C1C2=O. The second-order valence-corrected chi connectivity index (χ2v) is 11.3. The molecule has 5 rings (SSSR count). The summed E-state index contributed by atoms with van der Waals surface area (Å²) in [6, 6.07) is -0.704. The standard InChI is InChI=1S/C27H30F3N3O8/c1-32(2)19-13-8-10-7-12-17(15(34)9-11(14-5-4-6-33(14)3)22(12)41-27(28,29)30)20(35)16(10)23(37)26(13,40)24(38)18(21(19)36)25(31)39/h9-10,13-14,19,34,36-37,40H,4-8H2,1-3H3,(H2,31,39)/t10-,13-,14?,19-,26-/m0/s1. The molecule has 1 amide bonds. The van der Waals surface area contributed by atoms with Crippen LogP contribution in [-0.2, 0) is 16.0 Å². The number of aliphatic hydroxyl groups is 3. The normalized spacial score (nSPS) is 30.4. The molecule has 0 aromatic heterocycles. The summed E-state index contributed by atoms with van der Waals surface area (Å²) >= 11 is 0. The summed E-state index contributed by atoms with van der Waals surface area (Å²) in [7, 11) is 4.68. The first-order valence-electron chi connectivity index (χ1n) is 13.0. The van der Waals surface area contributed by atoms with Gasteiger partial charge in [0.1, 0.15) is 28.6 Å². The molecule has 1 aliphatic heterocycles. The van der Waals surface area contributed by atoms with Gasteiger partial charge in [-0.1, -0.05) is 0 Å². The van der Waals surface area contributed by atoms with Crippen molar-refractivity contribution in [2.75, 3.05) is 27.7 Å². The van der Waals surface area contributed by atoms with Crippen molar-refractivity contribution in [2.24, 2.45) is 17.6 Å². The van der Waals surface area contributed by atoms with Crippen LogP contribution < -0.4 is 10.5 Å². The molecular formula is C27H30F3N3O8. The number of ketones is 2. The maximum atomic E-state index is 13.8. The van der Waals surface area contributed by atoms with Gasteiger partial charge in [0.05, 0.1) is 11.6 Å². The van der Waals surface area contributed by atoms with Gasteiger partial charge in [-0.05, 0) is 65.4 Å². The van der Waals surface area contributed by atoms with Crippen molar-refractivity contribution < 1.29 is 52.7 Å². The van der Waals surface area contributed by atoms with Crippen LogP contribution in [0, 0.1) is 11.8 Å². The smallest absolute Gasteiger partial charge is 0.510 e. The van der Waals surface area contributed by atoms with Crippen molar-refractivity contribution in [1.82, 2.24) is 9.80 Å². The van der Waals surface area contributed by atoms with E-state index in [4.69, 9.17) is 5.73 Å². The Labute approximate surface area is 232 Å². The lowest BCUT2D eigenvalue weighted by Gasteiger charge is -2.50. The van der Waals surface area contributed by atoms with E-state index in [1.54, 1.807) is 7.05 Å². The number of Topliss-reactive ketones (excluding diaryl/α,β-unsaturated/α-hetero) is 2. The lowest BCUT2D eigenvalue weighted by Crippen LogP contribution is -2.63. The highest BCUT2D eigenvalue weighted by Crippen LogP contribution is 2.54. The Morgan fingerprint density at radius 2 is 1.88 bits per heavy atom. The van der Waals surface area contributed by atoms with Gasteiger partial charge in [0.15, 0.2) is 11.4 Å². The molecule has 1 aromatic rings. The van der Waals surface area contributed by atoms with Crippen molar-refractivity contribution in [1.29, 1.82) is 0 Å². The van der Waals surface area contributed by atoms with Gasteiger partial charge in [-0.25, -0.2) is 0 Å². The van der Waals surface area contributed by atoms with E-state index in [-0.39, 0.29) is 24.0 Å². The molecule has 14 heteroatoms. The van der Waals surface area contributed by atoms with E-state index in [0.717, 1.165) is 6.07 Å². The first-order chi connectivity index (χ1) is 19.0. The highest BCUT2D eigenvalue weighted by Gasteiger charge is 2.63.